The van der Waals surface area contributed by atoms with Crippen molar-refractivity contribution in [2.75, 3.05) is 12.4 Å². The van der Waals surface area contributed by atoms with Crippen molar-refractivity contribution >= 4 is 33.9 Å². The first-order valence-electron chi connectivity index (χ1n) is 8.66. The summed E-state index contributed by atoms with van der Waals surface area (Å²) >= 11 is 3.20. The summed E-state index contributed by atoms with van der Waals surface area (Å²) in [4.78, 5) is 4.67. The lowest BCUT2D eigenvalue weighted by atomic mass is 10.2. The summed E-state index contributed by atoms with van der Waals surface area (Å²) in [6.45, 7) is 2.08. The van der Waals surface area contributed by atoms with Crippen molar-refractivity contribution in [3.05, 3.63) is 71.5 Å². The molecule has 2 heterocycles. The van der Waals surface area contributed by atoms with Crippen molar-refractivity contribution in [1.29, 1.82) is 0 Å². The second-order valence-electron chi connectivity index (χ2n) is 6.11. The predicted molar refractivity (Wildman–Crippen MR) is 114 cm³/mol. The SMILES string of the molecule is COc1cccc(-n2cnnc2SCc2csc(Nc3ccc(C)cc3)n2)c1. The fraction of sp³-hybridized carbons (Fsp3) is 0.150. The van der Waals surface area contributed by atoms with E-state index in [9.17, 15) is 0 Å². The van der Waals surface area contributed by atoms with Gasteiger partial charge in [0, 0.05) is 22.9 Å². The van der Waals surface area contributed by atoms with Gasteiger partial charge in [0.15, 0.2) is 10.3 Å². The molecule has 0 aliphatic heterocycles. The summed E-state index contributed by atoms with van der Waals surface area (Å²) < 4.78 is 7.25. The molecule has 4 rings (SSSR count). The van der Waals surface area contributed by atoms with Crippen molar-refractivity contribution in [2.45, 2.75) is 17.8 Å². The third-order valence-corrected chi connectivity index (χ3v) is 5.83. The van der Waals surface area contributed by atoms with E-state index in [4.69, 9.17) is 4.74 Å². The van der Waals surface area contributed by atoms with Crippen molar-refractivity contribution in [1.82, 2.24) is 19.7 Å². The Morgan fingerprint density at radius 3 is 2.86 bits per heavy atom. The zero-order valence-electron chi connectivity index (χ0n) is 15.5. The van der Waals surface area contributed by atoms with E-state index < -0.39 is 0 Å². The van der Waals surface area contributed by atoms with E-state index >= 15 is 0 Å². The highest BCUT2D eigenvalue weighted by atomic mass is 32.2. The quantitative estimate of drug-likeness (QED) is 0.430. The number of methoxy groups -OCH3 is 1. The van der Waals surface area contributed by atoms with Gasteiger partial charge in [-0.25, -0.2) is 4.98 Å². The van der Waals surface area contributed by atoms with Crippen LogP contribution in [0.2, 0.25) is 0 Å². The van der Waals surface area contributed by atoms with Gasteiger partial charge in [0.05, 0.1) is 18.5 Å². The summed E-state index contributed by atoms with van der Waals surface area (Å²) in [5, 5.41) is 15.4. The number of rotatable bonds is 7. The normalized spacial score (nSPS) is 10.8. The van der Waals surface area contributed by atoms with Gasteiger partial charge >= 0.3 is 0 Å². The third-order valence-electron chi connectivity index (χ3n) is 4.05. The molecule has 0 saturated carbocycles. The Hall–Kier alpha value is -2.84. The highest BCUT2D eigenvalue weighted by Crippen LogP contribution is 2.27. The lowest BCUT2D eigenvalue weighted by Crippen LogP contribution is -1.96. The Morgan fingerprint density at radius 1 is 1.18 bits per heavy atom. The summed E-state index contributed by atoms with van der Waals surface area (Å²) in [6.07, 6.45) is 1.71. The molecule has 0 bridgehead atoms. The minimum absolute atomic E-state index is 0.717. The molecular formula is C20H19N5OS2. The Bertz CT molecular complexity index is 1060. The lowest BCUT2D eigenvalue weighted by Gasteiger charge is -2.07. The average Bonchev–Trinajstić information content (AvgIpc) is 3.37. The van der Waals surface area contributed by atoms with Gasteiger partial charge in [-0.05, 0) is 31.2 Å². The molecule has 8 heteroatoms. The molecule has 6 nitrogen and oxygen atoms in total. The van der Waals surface area contributed by atoms with Crippen LogP contribution in [0.3, 0.4) is 0 Å². The average molecular weight is 410 g/mol. The number of thiazole rings is 1. The first-order chi connectivity index (χ1) is 13.7. The Balaban J connectivity index is 1.42. The molecule has 0 unspecified atom stereocenters. The molecule has 2 aromatic heterocycles. The molecule has 142 valence electrons. The maximum atomic E-state index is 5.30. The highest BCUT2D eigenvalue weighted by Gasteiger charge is 2.10. The van der Waals surface area contributed by atoms with E-state index in [2.05, 4.69) is 57.1 Å². The molecule has 28 heavy (non-hydrogen) atoms. The van der Waals surface area contributed by atoms with E-state index in [1.807, 2.05) is 28.8 Å². The van der Waals surface area contributed by atoms with Gasteiger partial charge in [0.25, 0.3) is 0 Å². The molecule has 0 spiro atoms. The first-order valence-corrected chi connectivity index (χ1v) is 10.5. The number of thioether (sulfide) groups is 1. The molecule has 1 N–H and O–H groups in total. The zero-order chi connectivity index (χ0) is 19.3. The maximum absolute atomic E-state index is 5.30. The number of hydrogen-bond acceptors (Lipinski definition) is 7. The number of hydrogen-bond donors (Lipinski definition) is 1. The molecule has 2 aromatic carbocycles. The van der Waals surface area contributed by atoms with E-state index in [1.165, 1.54) is 5.56 Å². The van der Waals surface area contributed by atoms with Crippen molar-refractivity contribution < 1.29 is 4.74 Å². The van der Waals surface area contributed by atoms with Gasteiger partial charge in [0.2, 0.25) is 0 Å². The van der Waals surface area contributed by atoms with Gasteiger partial charge < -0.3 is 10.1 Å². The molecule has 0 aliphatic carbocycles. The van der Waals surface area contributed by atoms with E-state index in [0.717, 1.165) is 38.9 Å². The number of anilines is 2. The van der Waals surface area contributed by atoms with Crippen LogP contribution in [0.1, 0.15) is 11.3 Å². The fourth-order valence-corrected chi connectivity index (χ4v) is 4.25. The molecule has 0 fully saturated rings. The molecule has 4 aromatic rings. The van der Waals surface area contributed by atoms with E-state index in [0.29, 0.717) is 0 Å². The maximum Gasteiger partial charge on any atom is 0.195 e. The molecule has 0 saturated heterocycles. The topological polar surface area (TPSA) is 64.9 Å². The van der Waals surface area contributed by atoms with Crippen LogP contribution in [0.15, 0.2) is 65.4 Å². The van der Waals surface area contributed by atoms with Crippen molar-refractivity contribution in [3.8, 4) is 11.4 Å². The second kappa shape index (κ2) is 8.45. The number of ether oxygens (including phenoxy) is 1. The Kier molecular flexibility index (Phi) is 5.59. The predicted octanol–water partition coefficient (Wildman–Crippen LogP) is 5.08. The summed E-state index contributed by atoms with van der Waals surface area (Å²) in [5.41, 5.74) is 4.25. The third kappa shape index (κ3) is 4.35. The van der Waals surface area contributed by atoms with Crippen LogP contribution in [0.4, 0.5) is 10.8 Å². The lowest BCUT2D eigenvalue weighted by molar-refractivity contribution is 0.414. The molecule has 0 radical (unpaired) electrons. The van der Waals surface area contributed by atoms with Crippen LogP contribution in [-0.4, -0.2) is 26.9 Å². The standard InChI is InChI=1S/C20H19N5OS2/c1-14-6-8-15(9-7-14)22-19-23-16(11-27-19)12-28-20-24-21-13-25(20)17-4-3-5-18(10-17)26-2/h3-11,13H,12H2,1-2H3,(H,22,23). The van der Waals surface area contributed by atoms with E-state index in [-0.39, 0.29) is 0 Å². The minimum atomic E-state index is 0.717. The number of nitrogens with one attached hydrogen (secondary N) is 1. The Morgan fingerprint density at radius 2 is 2.04 bits per heavy atom. The summed E-state index contributed by atoms with van der Waals surface area (Å²) in [5.74, 6) is 1.52. The van der Waals surface area contributed by atoms with Crippen LogP contribution >= 0.6 is 23.1 Å². The molecular weight excluding hydrogens is 390 g/mol. The number of aryl methyl sites for hydroxylation is 1. The first kappa shape index (κ1) is 18.5. The van der Waals surface area contributed by atoms with Crippen LogP contribution in [-0.2, 0) is 5.75 Å². The number of nitrogens with zero attached hydrogens (tertiary/aromatic N) is 4. The molecule has 0 aliphatic rings. The Labute approximate surface area is 171 Å². The van der Waals surface area contributed by atoms with Crippen LogP contribution in [0.5, 0.6) is 5.75 Å². The fourth-order valence-electron chi connectivity index (χ4n) is 2.59. The van der Waals surface area contributed by atoms with Gasteiger partial charge in [0.1, 0.15) is 12.1 Å². The summed E-state index contributed by atoms with van der Waals surface area (Å²) in [7, 11) is 1.66. The van der Waals surface area contributed by atoms with Crippen molar-refractivity contribution in [3.63, 3.8) is 0 Å². The van der Waals surface area contributed by atoms with Crippen LogP contribution in [0.25, 0.3) is 5.69 Å². The zero-order valence-corrected chi connectivity index (χ0v) is 17.1. The molecule has 0 atom stereocenters. The monoisotopic (exact) mass is 409 g/mol. The number of benzene rings is 2. The molecule has 0 amide bonds. The van der Waals surface area contributed by atoms with Gasteiger partial charge in [-0.1, -0.05) is 35.5 Å². The summed E-state index contributed by atoms with van der Waals surface area (Å²) in [6, 6.07) is 16.1. The smallest absolute Gasteiger partial charge is 0.195 e. The largest absolute Gasteiger partial charge is 0.497 e. The number of aromatic nitrogens is 4. The van der Waals surface area contributed by atoms with Crippen LogP contribution < -0.4 is 10.1 Å². The van der Waals surface area contributed by atoms with E-state index in [1.54, 1.807) is 36.5 Å². The van der Waals surface area contributed by atoms with Gasteiger partial charge in [-0.2, -0.15) is 0 Å². The van der Waals surface area contributed by atoms with Gasteiger partial charge in [-0.3, -0.25) is 4.57 Å². The van der Waals surface area contributed by atoms with Crippen LogP contribution in [0, 0.1) is 6.92 Å². The highest BCUT2D eigenvalue weighted by molar-refractivity contribution is 7.98. The van der Waals surface area contributed by atoms with Gasteiger partial charge in [-0.15, -0.1) is 21.5 Å². The minimum Gasteiger partial charge on any atom is -0.497 e. The van der Waals surface area contributed by atoms with Crippen molar-refractivity contribution in [2.24, 2.45) is 0 Å². The second-order valence-corrected chi connectivity index (χ2v) is 7.91.